The van der Waals surface area contributed by atoms with Crippen molar-refractivity contribution in [3.63, 3.8) is 0 Å². The van der Waals surface area contributed by atoms with Crippen LogP contribution in [0.25, 0.3) is 0 Å². The van der Waals surface area contributed by atoms with Crippen LogP contribution >= 0.6 is 15.9 Å². The number of carboxylic acid groups (broad SMARTS) is 1. The summed E-state index contributed by atoms with van der Waals surface area (Å²) in [5.41, 5.74) is 2.20. The number of halogens is 1. The standard InChI is InChI=1S/C10H10BrNO2/c1-6-9-3-2-8(11)4-7(9)5-12(6)10(13)14/h2-4,6H,5H2,1H3,(H,13,14). The van der Waals surface area contributed by atoms with Gasteiger partial charge in [-0.1, -0.05) is 22.0 Å². The molecule has 1 N–H and O–H groups in total. The van der Waals surface area contributed by atoms with Gasteiger partial charge in [0.05, 0.1) is 12.6 Å². The lowest BCUT2D eigenvalue weighted by molar-refractivity contribution is 0.132. The highest BCUT2D eigenvalue weighted by molar-refractivity contribution is 9.10. The molecular weight excluding hydrogens is 246 g/mol. The SMILES string of the molecule is CC1c2ccc(Br)cc2CN1C(=O)O. The average molecular weight is 256 g/mol. The molecule has 0 saturated carbocycles. The van der Waals surface area contributed by atoms with E-state index in [1.165, 1.54) is 4.90 Å². The number of nitrogens with zero attached hydrogens (tertiary/aromatic N) is 1. The Bertz CT molecular complexity index is 392. The second-order valence-corrected chi connectivity index (χ2v) is 4.35. The van der Waals surface area contributed by atoms with Gasteiger partial charge in [0.15, 0.2) is 0 Å². The first-order chi connectivity index (χ1) is 6.59. The predicted octanol–water partition coefficient (Wildman–Crippen LogP) is 3.00. The summed E-state index contributed by atoms with van der Waals surface area (Å²) in [5.74, 6) is 0. The molecule has 0 bridgehead atoms. The number of fused-ring (bicyclic) bond motifs is 1. The molecule has 1 aromatic carbocycles. The molecule has 4 heteroatoms. The lowest BCUT2D eigenvalue weighted by atomic mass is 10.1. The molecule has 3 nitrogen and oxygen atoms in total. The summed E-state index contributed by atoms with van der Waals surface area (Å²) < 4.78 is 0.996. The first-order valence-electron chi connectivity index (χ1n) is 4.37. The lowest BCUT2D eigenvalue weighted by Gasteiger charge is -2.17. The first-order valence-corrected chi connectivity index (χ1v) is 5.17. The van der Waals surface area contributed by atoms with E-state index in [4.69, 9.17) is 5.11 Å². The van der Waals surface area contributed by atoms with Crippen molar-refractivity contribution in [3.05, 3.63) is 33.8 Å². The Morgan fingerprint density at radius 2 is 2.36 bits per heavy atom. The van der Waals surface area contributed by atoms with Gasteiger partial charge in [0.2, 0.25) is 0 Å². The zero-order chi connectivity index (χ0) is 10.3. The molecule has 1 atom stereocenters. The summed E-state index contributed by atoms with van der Waals surface area (Å²) in [7, 11) is 0. The maximum Gasteiger partial charge on any atom is 0.408 e. The van der Waals surface area contributed by atoms with Gasteiger partial charge in [0, 0.05) is 4.47 Å². The molecule has 1 aliphatic rings. The van der Waals surface area contributed by atoms with Gasteiger partial charge in [0.1, 0.15) is 0 Å². The van der Waals surface area contributed by atoms with Crippen LogP contribution in [-0.2, 0) is 6.54 Å². The van der Waals surface area contributed by atoms with Crippen LogP contribution < -0.4 is 0 Å². The van der Waals surface area contributed by atoms with E-state index in [1.54, 1.807) is 0 Å². The van der Waals surface area contributed by atoms with Crippen LogP contribution in [0.3, 0.4) is 0 Å². The molecule has 0 aliphatic carbocycles. The highest BCUT2D eigenvalue weighted by Crippen LogP contribution is 2.34. The van der Waals surface area contributed by atoms with Gasteiger partial charge in [-0.3, -0.25) is 4.90 Å². The van der Waals surface area contributed by atoms with E-state index < -0.39 is 6.09 Å². The monoisotopic (exact) mass is 255 g/mol. The Labute approximate surface area is 90.5 Å². The molecule has 74 valence electrons. The van der Waals surface area contributed by atoms with Gasteiger partial charge in [-0.2, -0.15) is 0 Å². The lowest BCUT2D eigenvalue weighted by Crippen LogP contribution is -2.25. The number of amides is 1. The Hall–Kier alpha value is -1.03. The number of hydrogen-bond donors (Lipinski definition) is 1. The zero-order valence-electron chi connectivity index (χ0n) is 7.70. The molecule has 0 radical (unpaired) electrons. The van der Waals surface area contributed by atoms with Gasteiger partial charge in [0.25, 0.3) is 0 Å². The molecule has 14 heavy (non-hydrogen) atoms. The summed E-state index contributed by atoms with van der Waals surface area (Å²) in [4.78, 5) is 12.3. The first kappa shape index (κ1) is 9.52. The Morgan fingerprint density at radius 3 is 3.00 bits per heavy atom. The van der Waals surface area contributed by atoms with Crippen molar-refractivity contribution in [2.45, 2.75) is 19.5 Å². The summed E-state index contributed by atoms with van der Waals surface area (Å²) >= 11 is 3.38. The van der Waals surface area contributed by atoms with E-state index in [2.05, 4.69) is 15.9 Å². The van der Waals surface area contributed by atoms with Crippen molar-refractivity contribution in [3.8, 4) is 0 Å². The van der Waals surface area contributed by atoms with Gasteiger partial charge >= 0.3 is 6.09 Å². The predicted molar refractivity (Wildman–Crippen MR) is 56.1 cm³/mol. The Kier molecular flexibility index (Phi) is 2.23. The summed E-state index contributed by atoms with van der Waals surface area (Å²) in [6.07, 6.45) is -0.857. The Morgan fingerprint density at radius 1 is 1.64 bits per heavy atom. The van der Waals surface area contributed by atoms with Crippen LogP contribution in [0.1, 0.15) is 24.1 Å². The molecule has 0 fully saturated rings. The molecule has 1 aliphatic heterocycles. The van der Waals surface area contributed by atoms with E-state index in [1.807, 2.05) is 25.1 Å². The minimum atomic E-state index is -0.857. The molecule has 1 heterocycles. The quantitative estimate of drug-likeness (QED) is 0.775. The fourth-order valence-corrected chi connectivity index (χ4v) is 2.25. The summed E-state index contributed by atoms with van der Waals surface area (Å²) in [6.45, 7) is 2.40. The molecule has 0 saturated heterocycles. The van der Waals surface area contributed by atoms with Crippen LogP contribution in [0.2, 0.25) is 0 Å². The van der Waals surface area contributed by atoms with Gasteiger partial charge in [-0.05, 0) is 30.2 Å². The van der Waals surface area contributed by atoms with Crippen molar-refractivity contribution in [1.29, 1.82) is 0 Å². The average Bonchev–Trinajstić information content (AvgIpc) is 2.43. The number of hydrogen-bond acceptors (Lipinski definition) is 1. The van der Waals surface area contributed by atoms with Gasteiger partial charge < -0.3 is 5.11 Å². The zero-order valence-corrected chi connectivity index (χ0v) is 9.28. The van der Waals surface area contributed by atoms with Crippen LogP contribution in [0.5, 0.6) is 0 Å². The van der Waals surface area contributed by atoms with Crippen LogP contribution in [0, 0.1) is 0 Å². The van der Waals surface area contributed by atoms with E-state index in [0.29, 0.717) is 6.54 Å². The van der Waals surface area contributed by atoms with E-state index in [-0.39, 0.29) is 6.04 Å². The van der Waals surface area contributed by atoms with Crippen LogP contribution in [-0.4, -0.2) is 16.1 Å². The maximum absolute atomic E-state index is 10.9. The second-order valence-electron chi connectivity index (χ2n) is 3.43. The van der Waals surface area contributed by atoms with E-state index in [0.717, 1.165) is 15.6 Å². The van der Waals surface area contributed by atoms with Gasteiger partial charge in [-0.25, -0.2) is 4.79 Å². The third-order valence-electron chi connectivity index (χ3n) is 2.61. The van der Waals surface area contributed by atoms with E-state index >= 15 is 0 Å². The normalized spacial score (nSPS) is 19.6. The summed E-state index contributed by atoms with van der Waals surface area (Å²) in [5, 5.41) is 8.94. The number of carbonyl (C=O) groups is 1. The number of rotatable bonds is 0. The molecule has 1 aromatic rings. The third kappa shape index (κ3) is 1.39. The minimum Gasteiger partial charge on any atom is -0.465 e. The Balaban J connectivity index is 2.40. The van der Waals surface area contributed by atoms with Crippen molar-refractivity contribution in [1.82, 2.24) is 4.90 Å². The fourth-order valence-electron chi connectivity index (χ4n) is 1.84. The third-order valence-corrected chi connectivity index (χ3v) is 3.10. The topological polar surface area (TPSA) is 40.5 Å². The highest BCUT2D eigenvalue weighted by Gasteiger charge is 2.29. The summed E-state index contributed by atoms with van der Waals surface area (Å²) in [6, 6.07) is 5.87. The molecule has 1 amide bonds. The molecule has 1 unspecified atom stereocenters. The highest BCUT2D eigenvalue weighted by atomic mass is 79.9. The van der Waals surface area contributed by atoms with E-state index in [9.17, 15) is 4.79 Å². The molecule has 2 rings (SSSR count). The smallest absolute Gasteiger partial charge is 0.408 e. The maximum atomic E-state index is 10.9. The number of benzene rings is 1. The fraction of sp³-hybridized carbons (Fsp3) is 0.300. The minimum absolute atomic E-state index is 0.0319. The van der Waals surface area contributed by atoms with Gasteiger partial charge in [-0.15, -0.1) is 0 Å². The van der Waals surface area contributed by atoms with Crippen LogP contribution in [0.4, 0.5) is 4.79 Å². The van der Waals surface area contributed by atoms with Crippen molar-refractivity contribution in [2.24, 2.45) is 0 Å². The van der Waals surface area contributed by atoms with Crippen molar-refractivity contribution >= 4 is 22.0 Å². The molecule has 0 spiro atoms. The second kappa shape index (κ2) is 3.28. The molecule has 0 aromatic heterocycles. The van der Waals surface area contributed by atoms with Crippen LogP contribution in [0.15, 0.2) is 22.7 Å². The van der Waals surface area contributed by atoms with Crippen molar-refractivity contribution < 1.29 is 9.90 Å². The molecular formula is C10H10BrNO2. The van der Waals surface area contributed by atoms with Crippen molar-refractivity contribution in [2.75, 3.05) is 0 Å². The largest absolute Gasteiger partial charge is 0.465 e.